The summed E-state index contributed by atoms with van der Waals surface area (Å²) < 4.78 is 5.74. The van der Waals surface area contributed by atoms with Gasteiger partial charge in [-0.1, -0.05) is 11.6 Å². The zero-order valence-electron chi connectivity index (χ0n) is 8.81. The summed E-state index contributed by atoms with van der Waals surface area (Å²) in [4.78, 5) is 21.4. The summed E-state index contributed by atoms with van der Waals surface area (Å²) in [6.45, 7) is 0. The average molecular weight is 330 g/mol. The van der Waals surface area contributed by atoms with E-state index in [0.29, 0.717) is 22.1 Å². The van der Waals surface area contributed by atoms with Crippen molar-refractivity contribution in [2.75, 3.05) is 0 Å². The monoisotopic (exact) mass is 328 g/mol. The summed E-state index contributed by atoms with van der Waals surface area (Å²) >= 11 is 9.26. The van der Waals surface area contributed by atoms with Crippen molar-refractivity contribution in [3.8, 4) is 11.3 Å². The van der Waals surface area contributed by atoms with Crippen LogP contribution in [0.5, 0.6) is 0 Å². The lowest BCUT2D eigenvalue weighted by molar-refractivity contribution is 0.0696. The minimum atomic E-state index is -1.07. The molecule has 0 aliphatic heterocycles. The summed E-state index contributed by atoms with van der Waals surface area (Å²) in [7, 11) is 0. The molecule has 0 unspecified atom stereocenters. The Balaban J connectivity index is 2.57. The number of furan rings is 1. The van der Waals surface area contributed by atoms with E-state index in [1.165, 1.54) is 18.2 Å². The van der Waals surface area contributed by atoms with Crippen LogP contribution in [0.3, 0.4) is 0 Å². The summed E-state index contributed by atoms with van der Waals surface area (Å²) in [5, 5.41) is 9.12. The van der Waals surface area contributed by atoms with Crippen LogP contribution in [0.1, 0.15) is 20.9 Å². The molecule has 18 heavy (non-hydrogen) atoms. The predicted molar refractivity (Wildman–Crippen MR) is 69.2 cm³/mol. The first-order valence-electron chi connectivity index (χ1n) is 4.80. The van der Waals surface area contributed by atoms with Crippen molar-refractivity contribution in [1.29, 1.82) is 0 Å². The number of halogens is 2. The summed E-state index contributed by atoms with van der Waals surface area (Å²) in [6, 6.07) is 5.85. The number of benzene rings is 1. The Morgan fingerprint density at radius 3 is 2.61 bits per heavy atom. The van der Waals surface area contributed by atoms with Crippen molar-refractivity contribution in [3.63, 3.8) is 0 Å². The Kier molecular flexibility index (Phi) is 3.54. The highest BCUT2D eigenvalue weighted by atomic mass is 79.9. The van der Waals surface area contributed by atoms with Gasteiger partial charge in [-0.3, -0.25) is 4.79 Å². The van der Waals surface area contributed by atoms with Crippen LogP contribution in [-0.2, 0) is 0 Å². The van der Waals surface area contributed by atoms with Gasteiger partial charge < -0.3 is 9.52 Å². The minimum Gasteiger partial charge on any atom is -0.478 e. The van der Waals surface area contributed by atoms with E-state index in [9.17, 15) is 9.59 Å². The average Bonchev–Trinajstić information content (AvgIpc) is 2.76. The zero-order chi connectivity index (χ0) is 13.3. The Morgan fingerprint density at radius 1 is 1.39 bits per heavy atom. The number of carboxylic acid groups (broad SMARTS) is 1. The second-order valence-corrected chi connectivity index (χ2v) is 4.70. The number of aromatic carboxylic acids is 1. The third kappa shape index (κ3) is 2.32. The molecule has 0 saturated carbocycles. The SMILES string of the molecule is O=Cc1ccc(-c2c(Cl)cc(C(=O)O)cc2Br)o1. The standard InChI is InChI=1S/C12H6BrClO4/c13-8-3-6(12(16)17)4-9(14)11(8)10-2-1-7(5-15)18-10/h1-5H,(H,16,17). The number of hydrogen-bond donors (Lipinski definition) is 1. The second kappa shape index (κ2) is 4.96. The van der Waals surface area contributed by atoms with Gasteiger partial charge in [0, 0.05) is 4.47 Å². The molecule has 0 amide bonds. The molecule has 0 saturated heterocycles. The highest BCUT2D eigenvalue weighted by Crippen LogP contribution is 2.36. The highest BCUT2D eigenvalue weighted by molar-refractivity contribution is 9.10. The van der Waals surface area contributed by atoms with Gasteiger partial charge >= 0.3 is 5.97 Å². The van der Waals surface area contributed by atoms with Crippen molar-refractivity contribution >= 4 is 39.8 Å². The maximum atomic E-state index is 10.9. The van der Waals surface area contributed by atoms with Crippen molar-refractivity contribution < 1.29 is 19.1 Å². The number of carbonyl (C=O) groups excluding carboxylic acids is 1. The first kappa shape index (κ1) is 12.9. The number of rotatable bonds is 3. The Morgan fingerprint density at radius 2 is 2.11 bits per heavy atom. The molecule has 1 heterocycles. The summed E-state index contributed by atoms with van der Waals surface area (Å²) in [5.74, 6) is -0.502. The zero-order valence-corrected chi connectivity index (χ0v) is 11.2. The molecule has 4 nitrogen and oxygen atoms in total. The molecule has 0 spiro atoms. The third-order valence-electron chi connectivity index (χ3n) is 2.28. The van der Waals surface area contributed by atoms with Crippen LogP contribution < -0.4 is 0 Å². The lowest BCUT2D eigenvalue weighted by Crippen LogP contribution is -1.96. The van der Waals surface area contributed by atoms with E-state index in [1.54, 1.807) is 6.07 Å². The first-order valence-corrected chi connectivity index (χ1v) is 5.97. The molecule has 1 N–H and O–H groups in total. The Hall–Kier alpha value is -1.59. The van der Waals surface area contributed by atoms with Crippen LogP contribution in [0.4, 0.5) is 0 Å². The lowest BCUT2D eigenvalue weighted by atomic mass is 10.1. The quantitative estimate of drug-likeness (QED) is 0.868. The van der Waals surface area contributed by atoms with Crippen LogP contribution in [0.2, 0.25) is 5.02 Å². The molecule has 1 aromatic carbocycles. The van der Waals surface area contributed by atoms with Crippen LogP contribution >= 0.6 is 27.5 Å². The van der Waals surface area contributed by atoms with Crippen molar-refractivity contribution in [1.82, 2.24) is 0 Å². The molecule has 2 rings (SSSR count). The predicted octanol–water partition coefficient (Wildman–Crippen LogP) is 3.87. The summed E-state index contributed by atoms with van der Waals surface area (Å²) in [5.41, 5.74) is 0.576. The molecule has 2 aromatic rings. The lowest BCUT2D eigenvalue weighted by Gasteiger charge is -2.05. The summed E-state index contributed by atoms with van der Waals surface area (Å²) in [6.07, 6.45) is 0.580. The van der Waals surface area contributed by atoms with Crippen LogP contribution in [0, 0.1) is 0 Å². The molecule has 0 fully saturated rings. The van der Waals surface area contributed by atoms with E-state index in [-0.39, 0.29) is 16.3 Å². The fourth-order valence-electron chi connectivity index (χ4n) is 1.48. The number of aldehydes is 1. The van der Waals surface area contributed by atoms with Gasteiger partial charge in [-0.05, 0) is 40.2 Å². The normalized spacial score (nSPS) is 10.3. The van der Waals surface area contributed by atoms with Gasteiger partial charge in [-0.2, -0.15) is 0 Å². The van der Waals surface area contributed by atoms with E-state index in [0.717, 1.165) is 0 Å². The van der Waals surface area contributed by atoms with E-state index in [4.69, 9.17) is 21.1 Å². The number of carboxylic acids is 1. The van der Waals surface area contributed by atoms with Crippen LogP contribution in [-0.4, -0.2) is 17.4 Å². The van der Waals surface area contributed by atoms with Crippen molar-refractivity contribution in [3.05, 3.63) is 45.1 Å². The van der Waals surface area contributed by atoms with Crippen molar-refractivity contribution in [2.45, 2.75) is 0 Å². The molecule has 0 atom stereocenters. The molecule has 1 aromatic heterocycles. The molecular weight excluding hydrogens is 323 g/mol. The van der Waals surface area contributed by atoms with Gasteiger partial charge in [0.2, 0.25) is 0 Å². The molecule has 0 radical (unpaired) electrons. The highest BCUT2D eigenvalue weighted by Gasteiger charge is 2.16. The molecule has 0 aliphatic carbocycles. The van der Waals surface area contributed by atoms with Gasteiger partial charge in [-0.15, -0.1) is 0 Å². The second-order valence-electron chi connectivity index (χ2n) is 3.44. The van der Waals surface area contributed by atoms with Crippen LogP contribution in [0.15, 0.2) is 33.2 Å². The molecule has 92 valence electrons. The Labute approximate surface area is 115 Å². The number of hydrogen-bond acceptors (Lipinski definition) is 3. The van der Waals surface area contributed by atoms with Crippen LogP contribution in [0.25, 0.3) is 11.3 Å². The molecule has 0 bridgehead atoms. The van der Waals surface area contributed by atoms with Gasteiger partial charge in [-0.25, -0.2) is 4.79 Å². The van der Waals surface area contributed by atoms with Gasteiger partial charge in [0.15, 0.2) is 12.0 Å². The van der Waals surface area contributed by atoms with E-state index >= 15 is 0 Å². The van der Waals surface area contributed by atoms with Crippen molar-refractivity contribution in [2.24, 2.45) is 0 Å². The topological polar surface area (TPSA) is 67.5 Å². The fraction of sp³-hybridized carbons (Fsp3) is 0. The van der Waals surface area contributed by atoms with Gasteiger partial charge in [0.05, 0.1) is 16.1 Å². The van der Waals surface area contributed by atoms with E-state index in [1.807, 2.05) is 0 Å². The first-order chi connectivity index (χ1) is 8.52. The number of carbonyl (C=O) groups is 2. The third-order valence-corrected chi connectivity index (χ3v) is 3.20. The van der Waals surface area contributed by atoms with E-state index < -0.39 is 5.97 Å². The van der Waals surface area contributed by atoms with Gasteiger partial charge in [0.1, 0.15) is 5.76 Å². The molecule has 6 heteroatoms. The Bertz CT molecular complexity index is 610. The maximum Gasteiger partial charge on any atom is 0.335 e. The largest absolute Gasteiger partial charge is 0.478 e. The fourth-order valence-corrected chi connectivity index (χ4v) is 2.56. The van der Waals surface area contributed by atoms with Gasteiger partial charge in [0.25, 0.3) is 0 Å². The molecule has 0 aliphatic rings. The smallest absolute Gasteiger partial charge is 0.335 e. The van der Waals surface area contributed by atoms with E-state index in [2.05, 4.69) is 15.9 Å². The minimum absolute atomic E-state index is 0.0674. The maximum absolute atomic E-state index is 10.9. The molecular formula is C12H6BrClO4.